The molecule has 0 aliphatic rings. The Labute approximate surface area is 78.7 Å². The minimum absolute atomic E-state index is 0.0882. The molecule has 2 heteroatoms. The van der Waals surface area contributed by atoms with Gasteiger partial charge in [0.05, 0.1) is 5.50 Å². The van der Waals surface area contributed by atoms with E-state index in [4.69, 9.17) is 11.6 Å². The fourth-order valence-electron chi connectivity index (χ4n) is 1.08. The summed E-state index contributed by atoms with van der Waals surface area (Å²) in [6, 6.07) is 10.4. The van der Waals surface area contributed by atoms with Crippen molar-refractivity contribution in [1.29, 1.82) is 0 Å². The van der Waals surface area contributed by atoms with E-state index in [0.717, 1.165) is 12.8 Å². The van der Waals surface area contributed by atoms with Crippen LogP contribution in [-0.2, 0) is 6.42 Å². The van der Waals surface area contributed by atoms with Gasteiger partial charge in [-0.3, -0.25) is 0 Å². The lowest BCUT2D eigenvalue weighted by Gasteiger charge is -2.06. The minimum atomic E-state index is 0.0882. The summed E-state index contributed by atoms with van der Waals surface area (Å²) in [5, 5.41) is 3.00. The predicted octanol–water partition coefficient (Wildman–Crippen LogP) is 2.40. The Morgan fingerprint density at radius 2 is 2.00 bits per heavy atom. The number of benzene rings is 1. The molecule has 1 aromatic rings. The van der Waals surface area contributed by atoms with Crippen molar-refractivity contribution in [3.05, 3.63) is 35.9 Å². The van der Waals surface area contributed by atoms with E-state index < -0.39 is 0 Å². The van der Waals surface area contributed by atoms with Gasteiger partial charge in [0, 0.05) is 0 Å². The van der Waals surface area contributed by atoms with Crippen LogP contribution in [0.25, 0.3) is 0 Å². The second-order valence-corrected chi connectivity index (χ2v) is 3.31. The Morgan fingerprint density at radius 3 is 2.58 bits per heavy atom. The lowest BCUT2D eigenvalue weighted by atomic mass is 10.1. The summed E-state index contributed by atoms with van der Waals surface area (Å²) >= 11 is 5.90. The zero-order chi connectivity index (χ0) is 8.81. The van der Waals surface area contributed by atoms with Crippen molar-refractivity contribution < 1.29 is 0 Å². The molecule has 0 saturated heterocycles. The Bertz CT molecular complexity index is 210. The molecule has 0 fully saturated rings. The Kier molecular flexibility index (Phi) is 4.12. The zero-order valence-electron chi connectivity index (χ0n) is 7.26. The molecule has 12 heavy (non-hydrogen) atoms. The quantitative estimate of drug-likeness (QED) is 0.559. The highest BCUT2D eigenvalue weighted by molar-refractivity contribution is 6.20. The molecule has 0 radical (unpaired) electrons. The molecule has 0 heterocycles. The van der Waals surface area contributed by atoms with E-state index in [9.17, 15) is 0 Å². The van der Waals surface area contributed by atoms with Gasteiger partial charge in [-0.2, -0.15) is 0 Å². The van der Waals surface area contributed by atoms with E-state index in [1.54, 1.807) is 0 Å². The van der Waals surface area contributed by atoms with Gasteiger partial charge in [0.1, 0.15) is 0 Å². The van der Waals surface area contributed by atoms with Crippen LogP contribution in [0.3, 0.4) is 0 Å². The molecule has 0 bridgehead atoms. The first kappa shape index (κ1) is 9.56. The number of rotatable bonds is 4. The summed E-state index contributed by atoms with van der Waals surface area (Å²) in [6.07, 6.45) is 2.01. The van der Waals surface area contributed by atoms with E-state index in [1.807, 2.05) is 13.1 Å². The van der Waals surface area contributed by atoms with Gasteiger partial charge in [-0.05, 0) is 25.5 Å². The first-order valence-corrected chi connectivity index (χ1v) is 4.62. The number of hydrogen-bond donors (Lipinski definition) is 1. The van der Waals surface area contributed by atoms with Crippen molar-refractivity contribution in [2.24, 2.45) is 0 Å². The lowest BCUT2D eigenvalue weighted by molar-refractivity contribution is 0.667. The van der Waals surface area contributed by atoms with Crippen molar-refractivity contribution in [2.45, 2.75) is 18.3 Å². The third-order valence-electron chi connectivity index (χ3n) is 1.84. The molecule has 66 valence electrons. The summed E-state index contributed by atoms with van der Waals surface area (Å²) in [7, 11) is 1.88. The first-order chi connectivity index (χ1) is 5.83. The maximum Gasteiger partial charge on any atom is 0.0826 e. The molecule has 0 spiro atoms. The predicted molar refractivity (Wildman–Crippen MR) is 53.5 cm³/mol. The van der Waals surface area contributed by atoms with Gasteiger partial charge in [0.25, 0.3) is 0 Å². The van der Waals surface area contributed by atoms with Crippen molar-refractivity contribution in [3.8, 4) is 0 Å². The molecular weight excluding hydrogens is 170 g/mol. The van der Waals surface area contributed by atoms with E-state index >= 15 is 0 Å². The molecule has 1 rings (SSSR count). The summed E-state index contributed by atoms with van der Waals surface area (Å²) in [6.45, 7) is 0. The summed E-state index contributed by atoms with van der Waals surface area (Å²) < 4.78 is 0. The van der Waals surface area contributed by atoms with Crippen molar-refractivity contribution >= 4 is 11.6 Å². The Hall–Kier alpha value is -0.530. The van der Waals surface area contributed by atoms with Crippen LogP contribution < -0.4 is 5.32 Å². The summed E-state index contributed by atoms with van der Waals surface area (Å²) in [4.78, 5) is 0. The van der Waals surface area contributed by atoms with Gasteiger partial charge >= 0.3 is 0 Å². The van der Waals surface area contributed by atoms with E-state index in [0.29, 0.717) is 0 Å². The van der Waals surface area contributed by atoms with Gasteiger partial charge in [0.2, 0.25) is 0 Å². The molecule has 1 nitrogen and oxygen atoms in total. The maximum atomic E-state index is 5.90. The maximum absolute atomic E-state index is 5.90. The first-order valence-electron chi connectivity index (χ1n) is 4.18. The van der Waals surface area contributed by atoms with Gasteiger partial charge in [-0.1, -0.05) is 30.3 Å². The Balaban J connectivity index is 2.33. The molecule has 1 unspecified atom stereocenters. The zero-order valence-corrected chi connectivity index (χ0v) is 8.01. The van der Waals surface area contributed by atoms with Gasteiger partial charge in [-0.25, -0.2) is 0 Å². The monoisotopic (exact) mass is 183 g/mol. The molecule has 0 aliphatic heterocycles. The van der Waals surface area contributed by atoms with Crippen LogP contribution in [0.4, 0.5) is 0 Å². The van der Waals surface area contributed by atoms with Crippen LogP contribution in [-0.4, -0.2) is 12.5 Å². The van der Waals surface area contributed by atoms with E-state index in [2.05, 4.69) is 29.6 Å². The minimum Gasteiger partial charge on any atom is -0.304 e. The largest absolute Gasteiger partial charge is 0.304 e. The van der Waals surface area contributed by atoms with Gasteiger partial charge < -0.3 is 5.32 Å². The SMILES string of the molecule is CNC(Cl)CCc1ccccc1. The Morgan fingerprint density at radius 1 is 1.33 bits per heavy atom. The molecule has 0 aromatic heterocycles. The van der Waals surface area contributed by atoms with E-state index in [1.165, 1.54) is 5.56 Å². The smallest absolute Gasteiger partial charge is 0.0826 e. The number of aryl methyl sites for hydroxylation is 1. The van der Waals surface area contributed by atoms with Gasteiger partial charge in [-0.15, -0.1) is 11.6 Å². The number of alkyl halides is 1. The van der Waals surface area contributed by atoms with Crippen LogP contribution in [0.1, 0.15) is 12.0 Å². The third kappa shape index (κ3) is 3.24. The average molecular weight is 184 g/mol. The molecule has 1 aromatic carbocycles. The highest BCUT2D eigenvalue weighted by Gasteiger charge is 1.99. The fraction of sp³-hybridized carbons (Fsp3) is 0.400. The van der Waals surface area contributed by atoms with Crippen LogP contribution in [0.2, 0.25) is 0 Å². The highest BCUT2D eigenvalue weighted by Crippen LogP contribution is 2.06. The fourth-order valence-corrected chi connectivity index (χ4v) is 1.19. The van der Waals surface area contributed by atoms with E-state index in [-0.39, 0.29) is 5.50 Å². The third-order valence-corrected chi connectivity index (χ3v) is 2.28. The van der Waals surface area contributed by atoms with Crippen LogP contribution in [0.15, 0.2) is 30.3 Å². The number of halogens is 1. The lowest BCUT2D eigenvalue weighted by Crippen LogP contribution is -2.18. The second-order valence-electron chi connectivity index (χ2n) is 2.78. The molecule has 1 N–H and O–H groups in total. The molecule has 0 saturated carbocycles. The number of nitrogens with one attached hydrogen (secondary N) is 1. The highest BCUT2D eigenvalue weighted by atomic mass is 35.5. The molecule has 0 amide bonds. The summed E-state index contributed by atoms with van der Waals surface area (Å²) in [5.74, 6) is 0. The van der Waals surface area contributed by atoms with Crippen LogP contribution >= 0.6 is 11.6 Å². The van der Waals surface area contributed by atoms with Crippen molar-refractivity contribution in [3.63, 3.8) is 0 Å². The topological polar surface area (TPSA) is 12.0 Å². The van der Waals surface area contributed by atoms with Gasteiger partial charge in [0.15, 0.2) is 0 Å². The molecule has 0 aliphatic carbocycles. The van der Waals surface area contributed by atoms with Crippen molar-refractivity contribution in [2.75, 3.05) is 7.05 Å². The summed E-state index contributed by atoms with van der Waals surface area (Å²) in [5.41, 5.74) is 1.43. The molecular formula is C10H14ClN. The second kappa shape index (κ2) is 5.18. The molecule has 1 atom stereocenters. The number of hydrogen-bond acceptors (Lipinski definition) is 1. The normalized spacial score (nSPS) is 12.8. The van der Waals surface area contributed by atoms with Crippen LogP contribution in [0, 0.1) is 0 Å². The van der Waals surface area contributed by atoms with Crippen molar-refractivity contribution in [1.82, 2.24) is 5.32 Å². The standard InChI is InChI=1S/C10H14ClN/c1-12-10(11)8-7-9-5-3-2-4-6-9/h2-6,10,12H,7-8H2,1H3. The average Bonchev–Trinajstić information content (AvgIpc) is 2.16. The van der Waals surface area contributed by atoms with Crippen LogP contribution in [0.5, 0.6) is 0 Å².